The normalized spacial score (nSPS) is 14.7. The molecule has 6 nitrogen and oxygen atoms in total. The van der Waals surface area contributed by atoms with Gasteiger partial charge in [-0.25, -0.2) is 9.78 Å². The lowest BCUT2D eigenvalue weighted by Gasteiger charge is -2.22. The Bertz CT molecular complexity index is 711. The van der Waals surface area contributed by atoms with E-state index in [-0.39, 0.29) is 24.4 Å². The van der Waals surface area contributed by atoms with E-state index in [1.807, 2.05) is 30.3 Å². The summed E-state index contributed by atoms with van der Waals surface area (Å²) < 4.78 is 0. The molecule has 3 rings (SSSR count). The predicted molar refractivity (Wildman–Crippen MR) is 99.9 cm³/mol. The van der Waals surface area contributed by atoms with Crippen molar-refractivity contribution < 1.29 is 9.59 Å². The number of anilines is 2. The summed E-state index contributed by atoms with van der Waals surface area (Å²) in [6.07, 6.45) is 5.84. The van der Waals surface area contributed by atoms with Crippen LogP contribution in [0, 0.1) is 0 Å². The standard InChI is InChI=1S/C18H22N4O2S/c23-16(19-13-7-3-1-4-8-13)11-15-12-25-18(21-15)22-17(24)20-14-9-5-2-6-10-14/h1,3-4,7-8,12,14H,2,5-6,9-11H2,(H,19,23)(H2,20,21,22,24). The average molecular weight is 358 g/mol. The van der Waals surface area contributed by atoms with E-state index < -0.39 is 0 Å². The Morgan fingerprint density at radius 2 is 1.84 bits per heavy atom. The second kappa shape index (κ2) is 8.62. The molecule has 2 aromatic rings. The van der Waals surface area contributed by atoms with Gasteiger partial charge in [0.15, 0.2) is 5.13 Å². The Morgan fingerprint density at radius 1 is 1.08 bits per heavy atom. The zero-order valence-corrected chi connectivity index (χ0v) is 14.8. The zero-order valence-electron chi connectivity index (χ0n) is 14.0. The van der Waals surface area contributed by atoms with Crippen LogP contribution in [0.2, 0.25) is 0 Å². The summed E-state index contributed by atoms with van der Waals surface area (Å²) in [4.78, 5) is 28.4. The van der Waals surface area contributed by atoms with E-state index in [1.165, 1.54) is 30.6 Å². The van der Waals surface area contributed by atoms with Crippen LogP contribution in [0.5, 0.6) is 0 Å². The van der Waals surface area contributed by atoms with Gasteiger partial charge < -0.3 is 10.6 Å². The molecule has 1 aromatic carbocycles. The first-order valence-electron chi connectivity index (χ1n) is 8.56. The minimum Gasteiger partial charge on any atom is -0.335 e. The molecule has 0 aliphatic heterocycles. The van der Waals surface area contributed by atoms with Crippen molar-refractivity contribution in [1.82, 2.24) is 10.3 Å². The van der Waals surface area contributed by atoms with Crippen LogP contribution in [0.1, 0.15) is 37.8 Å². The molecule has 1 saturated carbocycles. The van der Waals surface area contributed by atoms with Gasteiger partial charge in [0, 0.05) is 17.1 Å². The predicted octanol–water partition coefficient (Wildman–Crippen LogP) is 3.78. The van der Waals surface area contributed by atoms with Gasteiger partial charge in [-0.05, 0) is 25.0 Å². The summed E-state index contributed by atoms with van der Waals surface area (Å²) in [5.74, 6) is -0.130. The van der Waals surface area contributed by atoms with Crippen LogP contribution in [-0.4, -0.2) is 23.0 Å². The molecular formula is C18H22N4O2S. The summed E-state index contributed by atoms with van der Waals surface area (Å²) in [7, 11) is 0. The molecule has 0 unspecified atom stereocenters. The quantitative estimate of drug-likeness (QED) is 0.760. The largest absolute Gasteiger partial charge is 0.335 e. The van der Waals surface area contributed by atoms with E-state index in [2.05, 4.69) is 20.9 Å². The number of thiazole rings is 1. The van der Waals surface area contributed by atoms with Crippen molar-refractivity contribution in [2.45, 2.75) is 44.6 Å². The van der Waals surface area contributed by atoms with E-state index in [0.717, 1.165) is 18.5 Å². The van der Waals surface area contributed by atoms with E-state index in [1.54, 1.807) is 5.38 Å². The zero-order chi connectivity index (χ0) is 17.5. The van der Waals surface area contributed by atoms with Crippen molar-refractivity contribution in [1.29, 1.82) is 0 Å². The number of para-hydroxylation sites is 1. The topological polar surface area (TPSA) is 83.1 Å². The third-order valence-corrected chi connectivity index (χ3v) is 4.92. The number of nitrogens with one attached hydrogen (secondary N) is 3. The number of amides is 3. The van der Waals surface area contributed by atoms with Crippen LogP contribution in [0.3, 0.4) is 0 Å². The number of rotatable bonds is 5. The Balaban J connectivity index is 1.46. The molecule has 1 heterocycles. The monoisotopic (exact) mass is 358 g/mol. The minimum atomic E-state index is -0.221. The van der Waals surface area contributed by atoms with Crippen LogP contribution >= 0.6 is 11.3 Å². The highest BCUT2D eigenvalue weighted by Gasteiger charge is 2.16. The van der Waals surface area contributed by atoms with Crippen LogP contribution in [0.25, 0.3) is 0 Å². The van der Waals surface area contributed by atoms with Gasteiger partial charge in [0.2, 0.25) is 5.91 Å². The van der Waals surface area contributed by atoms with Gasteiger partial charge in [0.1, 0.15) is 0 Å². The number of benzene rings is 1. The van der Waals surface area contributed by atoms with E-state index in [9.17, 15) is 9.59 Å². The molecule has 7 heteroatoms. The number of carbonyl (C=O) groups excluding carboxylic acids is 2. The molecule has 0 spiro atoms. The highest BCUT2D eigenvalue weighted by atomic mass is 32.1. The summed E-state index contributed by atoms with van der Waals surface area (Å²) in [5, 5.41) is 10.9. The number of nitrogens with zero attached hydrogens (tertiary/aromatic N) is 1. The van der Waals surface area contributed by atoms with Crippen molar-refractivity contribution in [2.75, 3.05) is 10.6 Å². The van der Waals surface area contributed by atoms with Gasteiger partial charge in [-0.3, -0.25) is 10.1 Å². The highest BCUT2D eigenvalue weighted by Crippen LogP contribution is 2.19. The molecule has 0 radical (unpaired) electrons. The molecule has 3 N–H and O–H groups in total. The van der Waals surface area contributed by atoms with Crippen molar-refractivity contribution in [3.8, 4) is 0 Å². The third kappa shape index (κ3) is 5.56. The van der Waals surface area contributed by atoms with Gasteiger partial charge in [0.25, 0.3) is 0 Å². The van der Waals surface area contributed by atoms with Crippen molar-refractivity contribution >= 4 is 34.1 Å². The fourth-order valence-corrected chi connectivity index (χ4v) is 3.61. The van der Waals surface area contributed by atoms with Crippen molar-refractivity contribution in [2.24, 2.45) is 0 Å². The molecule has 1 fully saturated rings. The van der Waals surface area contributed by atoms with Gasteiger partial charge in [-0.1, -0.05) is 37.5 Å². The first kappa shape index (κ1) is 17.4. The van der Waals surface area contributed by atoms with Gasteiger partial charge in [-0.2, -0.15) is 0 Å². The van der Waals surface area contributed by atoms with E-state index in [0.29, 0.717) is 10.8 Å². The molecule has 1 aromatic heterocycles. The number of hydrogen-bond acceptors (Lipinski definition) is 4. The fraction of sp³-hybridized carbons (Fsp3) is 0.389. The fourth-order valence-electron chi connectivity index (χ4n) is 2.90. The smallest absolute Gasteiger partial charge is 0.321 e. The van der Waals surface area contributed by atoms with E-state index >= 15 is 0 Å². The van der Waals surface area contributed by atoms with Crippen molar-refractivity contribution in [3.63, 3.8) is 0 Å². The number of urea groups is 1. The van der Waals surface area contributed by atoms with Gasteiger partial charge in [0.05, 0.1) is 12.1 Å². The maximum atomic E-state index is 12.0. The van der Waals surface area contributed by atoms with Gasteiger partial charge >= 0.3 is 6.03 Å². The molecule has 0 bridgehead atoms. The first-order chi connectivity index (χ1) is 12.2. The Kier molecular flexibility index (Phi) is 6.00. The molecule has 0 saturated heterocycles. The summed E-state index contributed by atoms with van der Waals surface area (Å²) >= 11 is 1.33. The Labute approximate surface area is 151 Å². The lowest BCUT2D eigenvalue weighted by Crippen LogP contribution is -2.39. The van der Waals surface area contributed by atoms with Crippen LogP contribution in [-0.2, 0) is 11.2 Å². The summed E-state index contributed by atoms with van der Waals surface area (Å²) in [6, 6.07) is 9.33. The van der Waals surface area contributed by atoms with E-state index in [4.69, 9.17) is 0 Å². The molecule has 3 amide bonds. The Morgan fingerprint density at radius 3 is 2.60 bits per heavy atom. The molecule has 1 aliphatic carbocycles. The molecule has 0 atom stereocenters. The maximum absolute atomic E-state index is 12.0. The average Bonchev–Trinajstić information content (AvgIpc) is 3.03. The lowest BCUT2D eigenvalue weighted by atomic mass is 9.96. The highest BCUT2D eigenvalue weighted by molar-refractivity contribution is 7.13. The molecule has 132 valence electrons. The molecule has 25 heavy (non-hydrogen) atoms. The number of hydrogen-bond donors (Lipinski definition) is 3. The SMILES string of the molecule is O=C(Cc1csc(NC(=O)NC2CCCCC2)n1)Nc1ccccc1. The first-order valence-corrected chi connectivity index (χ1v) is 9.44. The minimum absolute atomic E-state index is 0.130. The summed E-state index contributed by atoms with van der Waals surface area (Å²) in [5.41, 5.74) is 1.40. The number of carbonyl (C=O) groups is 2. The van der Waals surface area contributed by atoms with Crippen molar-refractivity contribution in [3.05, 3.63) is 41.4 Å². The molecule has 1 aliphatic rings. The lowest BCUT2D eigenvalue weighted by molar-refractivity contribution is -0.115. The summed E-state index contributed by atoms with van der Waals surface area (Å²) in [6.45, 7) is 0. The second-order valence-corrected chi connectivity index (χ2v) is 7.03. The van der Waals surface area contributed by atoms with Crippen LogP contribution < -0.4 is 16.0 Å². The number of aromatic nitrogens is 1. The third-order valence-electron chi connectivity index (χ3n) is 4.11. The van der Waals surface area contributed by atoms with Crippen LogP contribution in [0.15, 0.2) is 35.7 Å². The Hall–Kier alpha value is -2.41. The molecular weight excluding hydrogens is 336 g/mol. The van der Waals surface area contributed by atoms with Gasteiger partial charge in [-0.15, -0.1) is 11.3 Å². The maximum Gasteiger partial charge on any atom is 0.321 e. The second-order valence-electron chi connectivity index (χ2n) is 6.17. The van der Waals surface area contributed by atoms with Crippen LogP contribution in [0.4, 0.5) is 15.6 Å².